The van der Waals surface area contributed by atoms with Crippen LogP contribution in [0.25, 0.3) is 0 Å². The summed E-state index contributed by atoms with van der Waals surface area (Å²) in [5, 5.41) is 3.45. The van der Waals surface area contributed by atoms with Crippen LogP contribution in [0.15, 0.2) is 22.7 Å². The Labute approximate surface area is 100 Å². The second-order valence-electron chi connectivity index (χ2n) is 4.48. The second-order valence-corrected chi connectivity index (χ2v) is 5.34. The predicted octanol–water partition coefficient (Wildman–Crippen LogP) is 3.82. The van der Waals surface area contributed by atoms with Gasteiger partial charge >= 0.3 is 0 Å². The van der Waals surface area contributed by atoms with Gasteiger partial charge in [-0.05, 0) is 49.9 Å². The van der Waals surface area contributed by atoms with Crippen molar-refractivity contribution in [2.45, 2.75) is 32.2 Å². The number of hydrogen-bond donors (Lipinski definition) is 1. The first-order chi connectivity index (χ1) is 7.22. The van der Waals surface area contributed by atoms with Gasteiger partial charge in [-0.2, -0.15) is 0 Å². The van der Waals surface area contributed by atoms with Crippen molar-refractivity contribution in [2.24, 2.45) is 5.92 Å². The van der Waals surface area contributed by atoms with E-state index in [1.807, 2.05) is 0 Å². The summed E-state index contributed by atoms with van der Waals surface area (Å²) in [4.78, 5) is 0. The van der Waals surface area contributed by atoms with Crippen molar-refractivity contribution < 1.29 is 0 Å². The van der Waals surface area contributed by atoms with Crippen molar-refractivity contribution >= 4 is 15.9 Å². The molecule has 1 saturated carbocycles. The highest BCUT2D eigenvalue weighted by Gasteiger charge is 2.28. The Morgan fingerprint density at radius 2 is 2.13 bits per heavy atom. The van der Waals surface area contributed by atoms with Crippen molar-refractivity contribution in [3.63, 3.8) is 0 Å². The van der Waals surface area contributed by atoms with E-state index < -0.39 is 0 Å². The lowest BCUT2D eigenvalue weighted by atomic mass is 9.77. The first kappa shape index (κ1) is 11.2. The minimum atomic E-state index is 0.522. The number of halogens is 1. The third-order valence-corrected chi connectivity index (χ3v) is 4.11. The molecule has 1 aliphatic rings. The van der Waals surface area contributed by atoms with Gasteiger partial charge in [0.25, 0.3) is 0 Å². The molecule has 2 rings (SSSR count). The van der Waals surface area contributed by atoms with Crippen molar-refractivity contribution in [3.8, 4) is 0 Å². The minimum Gasteiger partial charge on any atom is -0.313 e. The minimum absolute atomic E-state index is 0.522. The van der Waals surface area contributed by atoms with Gasteiger partial charge in [0.05, 0.1) is 0 Å². The molecule has 1 nitrogen and oxygen atoms in total. The average molecular weight is 268 g/mol. The lowest BCUT2D eigenvalue weighted by Gasteiger charge is -2.34. The number of benzene rings is 1. The predicted molar refractivity (Wildman–Crippen MR) is 68.0 cm³/mol. The molecule has 0 saturated heterocycles. The van der Waals surface area contributed by atoms with Gasteiger partial charge in [-0.25, -0.2) is 0 Å². The molecule has 1 fully saturated rings. The Hall–Kier alpha value is -0.340. The van der Waals surface area contributed by atoms with Crippen LogP contribution in [0.1, 0.15) is 36.4 Å². The molecule has 1 aromatic rings. The Kier molecular flexibility index (Phi) is 3.47. The highest BCUT2D eigenvalue weighted by Crippen LogP contribution is 2.39. The zero-order chi connectivity index (χ0) is 10.8. The molecule has 2 heteroatoms. The maximum Gasteiger partial charge on any atom is 0.0357 e. The Morgan fingerprint density at radius 1 is 1.40 bits per heavy atom. The van der Waals surface area contributed by atoms with E-state index >= 15 is 0 Å². The first-order valence-corrected chi connectivity index (χ1v) is 6.45. The van der Waals surface area contributed by atoms with Gasteiger partial charge in [-0.1, -0.05) is 34.5 Å². The van der Waals surface area contributed by atoms with Crippen LogP contribution in [0.2, 0.25) is 0 Å². The molecule has 1 aromatic carbocycles. The molecule has 0 radical (unpaired) electrons. The van der Waals surface area contributed by atoms with Gasteiger partial charge in [-0.3, -0.25) is 0 Å². The molecule has 0 bridgehead atoms. The number of rotatable bonds is 3. The zero-order valence-electron chi connectivity index (χ0n) is 9.39. The molecular formula is C13H18BrN. The fourth-order valence-corrected chi connectivity index (χ4v) is 3.04. The Morgan fingerprint density at radius 3 is 2.60 bits per heavy atom. The largest absolute Gasteiger partial charge is 0.313 e. The van der Waals surface area contributed by atoms with Gasteiger partial charge in [-0.15, -0.1) is 0 Å². The number of hydrogen-bond acceptors (Lipinski definition) is 1. The van der Waals surface area contributed by atoms with Gasteiger partial charge in [0.2, 0.25) is 0 Å². The maximum absolute atomic E-state index is 3.67. The molecule has 1 aliphatic carbocycles. The number of nitrogens with one attached hydrogen (secondary N) is 1. The average Bonchev–Trinajstić information content (AvgIpc) is 2.12. The zero-order valence-corrected chi connectivity index (χ0v) is 11.0. The van der Waals surface area contributed by atoms with E-state index in [0.717, 1.165) is 5.92 Å². The van der Waals surface area contributed by atoms with E-state index in [-0.39, 0.29) is 0 Å². The van der Waals surface area contributed by atoms with Gasteiger partial charge in [0, 0.05) is 10.5 Å². The Bertz CT molecular complexity index is 344. The van der Waals surface area contributed by atoms with Crippen LogP contribution in [0, 0.1) is 12.8 Å². The summed E-state index contributed by atoms with van der Waals surface area (Å²) in [5.74, 6) is 0.828. The molecule has 1 unspecified atom stereocenters. The molecule has 1 N–H and O–H groups in total. The first-order valence-electron chi connectivity index (χ1n) is 5.65. The van der Waals surface area contributed by atoms with E-state index in [9.17, 15) is 0 Å². The lowest BCUT2D eigenvalue weighted by molar-refractivity contribution is 0.239. The molecule has 0 amide bonds. The fourth-order valence-electron chi connectivity index (χ4n) is 2.30. The molecular weight excluding hydrogens is 250 g/mol. The summed E-state index contributed by atoms with van der Waals surface area (Å²) in [6.07, 6.45) is 4.13. The molecule has 0 aliphatic heterocycles. The van der Waals surface area contributed by atoms with Gasteiger partial charge < -0.3 is 5.32 Å². The van der Waals surface area contributed by atoms with Crippen LogP contribution in [0.5, 0.6) is 0 Å². The van der Waals surface area contributed by atoms with Crippen LogP contribution < -0.4 is 5.32 Å². The summed E-state index contributed by atoms with van der Waals surface area (Å²) in [6, 6.07) is 7.18. The summed E-state index contributed by atoms with van der Waals surface area (Å²) < 4.78 is 1.24. The number of aryl methyl sites for hydroxylation is 1. The van der Waals surface area contributed by atoms with Crippen LogP contribution in [-0.2, 0) is 0 Å². The van der Waals surface area contributed by atoms with Crippen LogP contribution in [-0.4, -0.2) is 7.05 Å². The third kappa shape index (κ3) is 2.26. The molecule has 0 aromatic heterocycles. The van der Waals surface area contributed by atoms with Crippen molar-refractivity contribution in [3.05, 3.63) is 33.8 Å². The van der Waals surface area contributed by atoms with Crippen molar-refractivity contribution in [1.29, 1.82) is 0 Å². The van der Waals surface area contributed by atoms with E-state index in [0.29, 0.717) is 6.04 Å². The molecule has 0 heterocycles. The molecule has 82 valence electrons. The van der Waals surface area contributed by atoms with Crippen LogP contribution in [0.3, 0.4) is 0 Å². The summed E-state index contributed by atoms with van der Waals surface area (Å²) in [5.41, 5.74) is 2.72. The highest BCUT2D eigenvalue weighted by atomic mass is 79.9. The normalized spacial score (nSPS) is 18.6. The topological polar surface area (TPSA) is 12.0 Å². The smallest absolute Gasteiger partial charge is 0.0357 e. The van der Waals surface area contributed by atoms with E-state index in [4.69, 9.17) is 0 Å². The van der Waals surface area contributed by atoms with Gasteiger partial charge in [0.15, 0.2) is 0 Å². The highest BCUT2D eigenvalue weighted by molar-refractivity contribution is 9.10. The Balaban J connectivity index is 2.25. The molecule has 1 atom stereocenters. The summed E-state index contributed by atoms with van der Waals surface area (Å²) in [6.45, 7) is 2.13. The van der Waals surface area contributed by atoms with Crippen LogP contribution >= 0.6 is 15.9 Å². The quantitative estimate of drug-likeness (QED) is 0.878. The SMILES string of the molecule is CNC(c1ccc(C)cc1Br)C1CCC1. The van der Waals surface area contributed by atoms with Crippen LogP contribution in [0.4, 0.5) is 0 Å². The van der Waals surface area contributed by atoms with Crippen molar-refractivity contribution in [1.82, 2.24) is 5.32 Å². The van der Waals surface area contributed by atoms with Gasteiger partial charge in [0.1, 0.15) is 0 Å². The van der Waals surface area contributed by atoms with E-state index in [1.54, 1.807) is 0 Å². The third-order valence-electron chi connectivity index (χ3n) is 3.42. The van der Waals surface area contributed by atoms with Crippen molar-refractivity contribution in [2.75, 3.05) is 7.05 Å². The molecule has 15 heavy (non-hydrogen) atoms. The maximum atomic E-state index is 3.67. The summed E-state index contributed by atoms with van der Waals surface area (Å²) in [7, 11) is 2.06. The fraction of sp³-hybridized carbons (Fsp3) is 0.538. The lowest BCUT2D eigenvalue weighted by Crippen LogP contribution is -2.30. The second kappa shape index (κ2) is 4.67. The monoisotopic (exact) mass is 267 g/mol. The molecule has 0 spiro atoms. The standard InChI is InChI=1S/C13H18BrN/c1-9-6-7-11(12(14)8-9)13(15-2)10-4-3-5-10/h6-8,10,13,15H,3-5H2,1-2H3. The van der Waals surface area contributed by atoms with E-state index in [1.165, 1.54) is 34.9 Å². The summed E-state index contributed by atoms with van der Waals surface area (Å²) >= 11 is 3.67. The van der Waals surface area contributed by atoms with E-state index in [2.05, 4.69) is 53.4 Å².